The molecule has 0 bridgehead atoms. The van der Waals surface area contributed by atoms with Crippen molar-refractivity contribution in [2.45, 2.75) is 12.7 Å². The highest BCUT2D eigenvalue weighted by molar-refractivity contribution is 5.93. The van der Waals surface area contributed by atoms with Crippen LogP contribution in [0.3, 0.4) is 0 Å². The number of halogens is 4. The smallest absolute Gasteiger partial charge is 0.433 e. The fourth-order valence-electron chi connectivity index (χ4n) is 2.46. The minimum absolute atomic E-state index is 0.00403. The molecule has 0 saturated carbocycles. The van der Waals surface area contributed by atoms with Gasteiger partial charge in [-0.1, -0.05) is 12.1 Å². The minimum Gasteiger partial charge on any atom is -0.477 e. The Kier molecular flexibility index (Phi) is 3.75. The van der Waals surface area contributed by atoms with Crippen LogP contribution in [0.5, 0.6) is 0 Å². The number of carboxylic acid groups (broad SMARTS) is 1. The Morgan fingerprint density at radius 1 is 1.17 bits per heavy atom. The van der Waals surface area contributed by atoms with Crippen molar-refractivity contribution in [1.29, 1.82) is 0 Å². The molecular weight excluding hydrogens is 328 g/mol. The Labute approximate surface area is 133 Å². The van der Waals surface area contributed by atoms with Crippen LogP contribution in [0.15, 0.2) is 42.5 Å². The highest BCUT2D eigenvalue weighted by atomic mass is 19.4. The average molecular weight is 338 g/mol. The lowest BCUT2D eigenvalue weighted by Gasteiger charge is -2.09. The highest BCUT2D eigenvalue weighted by Gasteiger charge is 2.33. The molecule has 24 heavy (non-hydrogen) atoms. The molecule has 0 unspecified atom stereocenters. The molecule has 2 aromatic heterocycles. The molecule has 0 fully saturated rings. The second-order valence-corrected chi connectivity index (χ2v) is 5.15. The molecule has 1 N–H and O–H groups in total. The number of carbonyl (C=O) groups is 1. The zero-order valence-electron chi connectivity index (χ0n) is 12.0. The zero-order chi connectivity index (χ0) is 17.5. The maximum Gasteiger partial charge on any atom is 0.433 e. The molecule has 2 heterocycles. The summed E-state index contributed by atoms with van der Waals surface area (Å²) in [7, 11) is 0. The Morgan fingerprint density at radius 2 is 1.92 bits per heavy atom. The fraction of sp³-hybridized carbons (Fsp3) is 0.125. The van der Waals surface area contributed by atoms with Crippen LogP contribution in [0.1, 0.15) is 21.7 Å². The second kappa shape index (κ2) is 5.63. The summed E-state index contributed by atoms with van der Waals surface area (Å²) in [4.78, 5) is 14.9. The van der Waals surface area contributed by atoms with Crippen LogP contribution in [0.2, 0.25) is 0 Å². The van der Waals surface area contributed by atoms with Gasteiger partial charge in [-0.25, -0.2) is 14.2 Å². The van der Waals surface area contributed by atoms with Gasteiger partial charge in [0.05, 0.1) is 11.0 Å². The summed E-state index contributed by atoms with van der Waals surface area (Å²) >= 11 is 0. The second-order valence-electron chi connectivity index (χ2n) is 5.15. The zero-order valence-corrected chi connectivity index (χ0v) is 12.0. The molecule has 3 aromatic rings. The van der Waals surface area contributed by atoms with Crippen LogP contribution in [0.4, 0.5) is 17.6 Å². The van der Waals surface area contributed by atoms with Gasteiger partial charge in [0.2, 0.25) is 0 Å². The van der Waals surface area contributed by atoms with E-state index >= 15 is 0 Å². The SMILES string of the molecule is O=C(O)c1cc2nc(C(F)(F)F)ccc2n1Cc1cccc(F)c1. The van der Waals surface area contributed by atoms with Crippen molar-refractivity contribution in [2.24, 2.45) is 0 Å². The number of carboxylic acids is 1. The number of aromatic carboxylic acids is 1. The van der Waals surface area contributed by atoms with Gasteiger partial charge in [0.1, 0.15) is 17.2 Å². The number of aromatic nitrogens is 2. The summed E-state index contributed by atoms with van der Waals surface area (Å²) in [6, 6.07) is 8.56. The first-order chi connectivity index (χ1) is 11.3. The number of hydrogen-bond acceptors (Lipinski definition) is 2. The van der Waals surface area contributed by atoms with E-state index in [1.54, 1.807) is 6.07 Å². The molecule has 8 heteroatoms. The summed E-state index contributed by atoms with van der Waals surface area (Å²) in [5.74, 6) is -1.80. The van der Waals surface area contributed by atoms with Gasteiger partial charge in [-0.15, -0.1) is 0 Å². The van der Waals surface area contributed by atoms with Gasteiger partial charge in [-0.05, 0) is 35.9 Å². The molecule has 4 nitrogen and oxygen atoms in total. The third-order valence-electron chi connectivity index (χ3n) is 3.50. The topological polar surface area (TPSA) is 55.1 Å². The van der Waals surface area contributed by atoms with Gasteiger partial charge in [0, 0.05) is 6.54 Å². The third-order valence-corrected chi connectivity index (χ3v) is 3.50. The Hall–Kier alpha value is -2.90. The van der Waals surface area contributed by atoms with E-state index in [0.717, 1.165) is 18.2 Å². The normalized spacial score (nSPS) is 11.8. The van der Waals surface area contributed by atoms with Crippen LogP contribution in [0.25, 0.3) is 11.0 Å². The van der Waals surface area contributed by atoms with E-state index in [0.29, 0.717) is 5.56 Å². The predicted octanol–water partition coefficient (Wildman–Crippen LogP) is 3.94. The molecule has 3 rings (SSSR count). The van der Waals surface area contributed by atoms with Crippen LogP contribution in [0, 0.1) is 5.82 Å². The van der Waals surface area contributed by atoms with E-state index in [9.17, 15) is 27.5 Å². The van der Waals surface area contributed by atoms with E-state index in [1.807, 2.05) is 0 Å². The first-order valence-electron chi connectivity index (χ1n) is 6.81. The monoisotopic (exact) mass is 338 g/mol. The summed E-state index contributed by atoms with van der Waals surface area (Å²) < 4.78 is 52.8. The fourth-order valence-corrected chi connectivity index (χ4v) is 2.46. The molecule has 0 aliphatic carbocycles. The maximum absolute atomic E-state index is 13.3. The lowest BCUT2D eigenvalue weighted by Crippen LogP contribution is -2.10. The molecule has 0 aliphatic heterocycles. The number of rotatable bonds is 3. The quantitative estimate of drug-likeness (QED) is 0.736. The van der Waals surface area contributed by atoms with Crippen LogP contribution < -0.4 is 0 Å². The average Bonchev–Trinajstić information content (AvgIpc) is 2.85. The van der Waals surface area contributed by atoms with Crippen molar-refractivity contribution in [3.8, 4) is 0 Å². The lowest BCUT2D eigenvalue weighted by atomic mass is 10.2. The summed E-state index contributed by atoms with van der Waals surface area (Å²) in [5, 5.41) is 9.28. The van der Waals surface area contributed by atoms with Gasteiger partial charge < -0.3 is 9.67 Å². The number of hydrogen-bond donors (Lipinski definition) is 1. The molecule has 0 aliphatic rings. The first-order valence-corrected chi connectivity index (χ1v) is 6.81. The van der Waals surface area contributed by atoms with Gasteiger partial charge >= 0.3 is 12.1 Å². The van der Waals surface area contributed by atoms with Gasteiger partial charge in [-0.2, -0.15) is 13.2 Å². The van der Waals surface area contributed by atoms with Crippen LogP contribution in [-0.2, 0) is 12.7 Å². The third kappa shape index (κ3) is 2.94. The minimum atomic E-state index is -4.62. The molecule has 1 aromatic carbocycles. The van der Waals surface area contributed by atoms with E-state index in [1.165, 1.54) is 22.8 Å². The van der Waals surface area contributed by atoms with E-state index in [4.69, 9.17) is 0 Å². The van der Waals surface area contributed by atoms with Gasteiger partial charge in [0.15, 0.2) is 0 Å². The van der Waals surface area contributed by atoms with E-state index in [-0.39, 0.29) is 23.3 Å². The number of benzene rings is 1. The van der Waals surface area contributed by atoms with Crippen molar-refractivity contribution < 1.29 is 27.5 Å². The number of nitrogens with zero attached hydrogens (tertiary/aromatic N) is 2. The van der Waals surface area contributed by atoms with Crippen molar-refractivity contribution >= 4 is 17.0 Å². The summed E-state index contributed by atoms with van der Waals surface area (Å²) in [6.45, 7) is -0.00403. The van der Waals surface area contributed by atoms with Crippen LogP contribution >= 0.6 is 0 Å². The highest BCUT2D eigenvalue weighted by Crippen LogP contribution is 2.30. The number of pyridine rings is 1. The Morgan fingerprint density at radius 3 is 2.54 bits per heavy atom. The van der Waals surface area contributed by atoms with Crippen molar-refractivity contribution in [2.75, 3.05) is 0 Å². The Bertz CT molecular complexity index is 931. The Balaban J connectivity index is 2.14. The largest absolute Gasteiger partial charge is 0.477 e. The number of alkyl halides is 3. The first kappa shape index (κ1) is 16.0. The number of fused-ring (bicyclic) bond motifs is 1. The van der Waals surface area contributed by atoms with E-state index < -0.39 is 23.7 Å². The summed E-state index contributed by atoms with van der Waals surface area (Å²) in [6.07, 6.45) is -4.62. The predicted molar refractivity (Wildman–Crippen MR) is 77.2 cm³/mol. The maximum atomic E-state index is 13.3. The van der Waals surface area contributed by atoms with Gasteiger partial charge in [0.25, 0.3) is 0 Å². The molecule has 0 radical (unpaired) electrons. The van der Waals surface area contributed by atoms with Crippen LogP contribution in [-0.4, -0.2) is 20.6 Å². The molecule has 0 amide bonds. The van der Waals surface area contributed by atoms with Gasteiger partial charge in [-0.3, -0.25) is 0 Å². The molecular formula is C16H10F4N2O2. The van der Waals surface area contributed by atoms with Crippen molar-refractivity contribution in [3.05, 3.63) is 65.2 Å². The van der Waals surface area contributed by atoms with E-state index in [2.05, 4.69) is 4.98 Å². The molecule has 0 saturated heterocycles. The molecule has 124 valence electrons. The summed E-state index contributed by atoms with van der Waals surface area (Å²) in [5.41, 5.74) is -0.700. The standard InChI is InChI=1S/C16H10F4N2O2/c17-10-3-1-2-9(6-10)8-22-12-4-5-14(16(18,19)20)21-11(12)7-13(22)15(23)24/h1-7H,8H2,(H,23,24). The van der Waals surface area contributed by atoms with Crippen molar-refractivity contribution in [3.63, 3.8) is 0 Å². The lowest BCUT2D eigenvalue weighted by molar-refractivity contribution is -0.140. The molecule has 0 atom stereocenters. The molecule has 0 spiro atoms. The van der Waals surface area contributed by atoms with Crippen molar-refractivity contribution in [1.82, 2.24) is 9.55 Å².